The summed E-state index contributed by atoms with van der Waals surface area (Å²) < 4.78 is 10.5. The van der Waals surface area contributed by atoms with Gasteiger partial charge in [-0.15, -0.1) is 0 Å². The summed E-state index contributed by atoms with van der Waals surface area (Å²) in [7, 11) is 5.30. The van der Waals surface area contributed by atoms with E-state index in [2.05, 4.69) is 10.2 Å². The smallest absolute Gasteiger partial charge is 0.252 e. The maximum absolute atomic E-state index is 12.9. The SMILES string of the molecule is COCCN(C)CCN1CC(NC(=O)c2ccc(OC)c3ccccc23)CC1=O. The van der Waals surface area contributed by atoms with E-state index in [4.69, 9.17) is 9.47 Å². The van der Waals surface area contributed by atoms with Crippen molar-refractivity contribution < 1.29 is 19.1 Å². The third-order valence-corrected chi connectivity index (χ3v) is 5.33. The van der Waals surface area contributed by atoms with Crippen molar-refractivity contribution in [3.63, 3.8) is 0 Å². The van der Waals surface area contributed by atoms with Crippen molar-refractivity contribution in [2.45, 2.75) is 12.5 Å². The van der Waals surface area contributed by atoms with Gasteiger partial charge in [-0.3, -0.25) is 9.59 Å². The van der Waals surface area contributed by atoms with E-state index in [-0.39, 0.29) is 17.9 Å². The molecule has 1 atom stereocenters. The van der Waals surface area contributed by atoms with Gasteiger partial charge in [0.05, 0.1) is 19.8 Å². The minimum Gasteiger partial charge on any atom is -0.496 e. The van der Waals surface area contributed by atoms with Crippen LogP contribution in [0.15, 0.2) is 36.4 Å². The van der Waals surface area contributed by atoms with Gasteiger partial charge < -0.3 is 24.6 Å². The summed E-state index contributed by atoms with van der Waals surface area (Å²) in [6, 6.07) is 11.1. The number of ether oxygens (including phenoxy) is 2. The number of carbonyl (C=O) groups is 2. The monoisotopic (exact) mass is 399 g/mol. The molecule has 0 bridgehead atoms. The van der Waals surface area contributed by atoms with Crippen molar-refractivity contribution in [3.8, 4) is 5.75 Å². The lowest BCUT2D eigenvalue weighted by molar-refractivity contribution is -0.127. The Morgan fingerprint density at radius 2 is 1.93 bits per heavy atom. The fourth-order valence-corrected chi connectivity index (χ4v) is 3.65. The standard InChI is InChI=1S/C22H29N3O4/c1-24(12-13-28-2)10-11-25-15-16(14-21(25)26)23-22(27)19-8-9-20(29-3)18-7-5-4-6-17(18)19/h4-9,16H,10-15H2,1-3H3,(H,23,27). The van der Waals surface area contributed by atoms with Crippen molar-refractivity contribution in [3.05, 3.63) is 42.0 Å². The fourth-order valence-electron chi connectivity index (χ4n) is 3.65. The van der Waals surface area contributed by atoms with E-state index in [1.54, 1.807) is 26.4 Å². The average molecular weight is 399 g/mol. The lowest BCUT2D eigenvalue weighted by Crippen LogP contribution is -2.39. The molecule has 1 aliphatic rings. The number of hydrogen-bond acceptors (Lipinski definition) is 5. The van der Waals surface area contributed by atoms with Crippen molar-refractivity contribution in [1.29, 1.82) is 0 Å². The zero-order valence-electron chi connectivity index (χ0n) is 17.3. The molecule has 0 saturated carbocycles. The van der Waals surface area contributed by atoms with E-state index in [9.17, 15) is 9.59 Å². The van der Waals surface area contributed by atoms with Gasteiger partial charge in [0.2, 0.25) is 5.91 Å². The number of likely N-dealkylation sites (tertiary alicyclic amines) is 1. The highest BCUT2D eigenvalue weighted by Crippen LogP contribution is 2.28. The number of methoxy groups -OCH3 is 2. The Balaban J connectivity index is 1.62. The Bertz CT molecular complexity index is 870. The van der Waals surface area contributed by atoms with Crippen LogP contribution in [-0.4, -0.2) is 81.7 Å². The molecule has 0 aliphatic carbocycles. The molecule has 1 saturated heterocycles. The molecule has 2 amide bonds. The summed E-state index contributed by atoms with van der Waals surface area (Å²) in [6.07, 6.45) is 0.335. The van der Waals surface area contributed by atoms with E-state index in [1.807, 2.05) is 36.2 Å². The molecule has 0 spiro atoms. The number of nitrogens with zero attached hydrogens (tertiary/aromatic N) is 2. The highest BCUT2D eigenvalue weighted by atomic mass is 16.5. The average Bonchev–Trinajstić information content (AvgIpc) is 3.08. The van der Waals surface area contributed by atoms with Crippen molar-refractivity contribution in [2.75, 3.05) is 54.1 Å². The van der Waals surface area contributed by atoms with Crippen LogP contribution in [0.2, 0.25) is 0 Å². The van der Waals surface area contributed by atoms with Crippen LogP contribution in [-0.2, 0) is 9.53 Å². The first-order chi connectivity index (χ1) is 14.0. The van der Waals surface area contributed by atoms with Crippen molar-refractivity contribution >= 4 is 22.6 Å². The van der Waals surface area contributed by atoms with Gasteiger partial charge in [0.1, 0.15) is 5.75 Å². The molecule has 7 nitrogen and oxygen atoms in total. The minimum absolute atomic E-state index is 0.0787. The first-order valence-corrected chi connectivity index (χ1v) is 9.85. The number of hydrogen-bond donors (Lipinski definition) is 1. The van der Waals surface area contributed by atoms with Crippen LogP contribution in [0, 0.1) is 0 Å². The number of benzene rings is 2. The summed E-state index contributed by atoms with van der Waals surface area (Å²) in [5.41, 5.74) is 0.589. The first kappa shape index (κ1) is 21.1. The predicted molar refractivity (Wildman–Crippen MR) is 112 cm³/mol. The number of rotatable bonds is 9. The second-order valence-corrected chi connectivity index (χ2v) is 7.37. The maximum Gasteiger partial charge on any atom is 0.252 e. The highest BCUT2D eigenvalue weighted by Gasteiger charge is 2.31. The topological polar surface area (TPSA) is 71.1 Å². The van der Waals surface area contributed by atoms with Crippen LogP contribution in [0.1, 0.15) is 16.8 Å². The lowest BCUT2D eigenvalue weighted by Gasteiger charge is -2.22. The molecule has 1 fully saturated rings. The summed E-state index contributed by atoms with van der Waals surface area (Å²) >= 11 is 0. The van der Waals surface area contributed by atoms with E-state index < -0.39 is 0 Å². The Morgan fingerprint density at radius 1 is 1.17 bits per heavy atom. The molecule has 7 heteroatoms. The number of amides is 2. The molecule has 2 aromatic rings. The van der Waals surface area contributed by atoms with E-state index >= 15 is 0 Å². The van der Waals surface area contributed by atoms with Crippen LogP contribution < -0.4 is 10.1 Å². The maximum atomic E-state index is 12.9. The zero-order valence-corrected chi connectivity index (χ0v) is 17.3. The highest BCUT2D eigenvalue weighted by molar-refractivity contribution is 6.08. The predicted octanol–water partition coefficient (Wildman–Crippen LogP) is 1.76. The molecule has 2 aromatic carbocycles. The van der Waals surface area contributed by atoms with E-state index in [0.29, 0.717) is 31.7 Å². The number of likely N-dealkylation sites (N-methyl/N-ethyl adjacent to an activating group) is 1. The quantitative estimate of drug-likeness (QED) is 0.696. The third-order valence-electron chi connectivity index (χ3n) is 5.33. The van der Waals surface area contributed by atoms with E-state index in [0.717, 1.165) is 29.6 Å². The van der Waals surface area contributed by atoms with Crippen LogP contribution in [0.4, 0.5) is 0 Å². The summed E-state index contributed by atoms with van der Waals surface area (Å²) in [4.78, 5) is 29.2. The van der Waals surface area contributed by atoms with Crippen LogP contribution in [0.25, 0.3) is 10.8 Å². The molecular weight excluding hydrogens is 370 g/mol. The Kier molecular flexibility index (Phi) is 7.06. The van der Waals surface area contributed by atoms with Crippen molar-refractivity contribution in [1.82, 2.24) is 15.1 Å². The lowest BCUT2D eigenvalue weighted by atomic mass is 10.0. The molecule has 156 valence electrons. The molecule has 29 heavy (non-hydrogen) atoms. The fraction of sp³-hybridized carbons (Fsp3) is 0.455. The van der Waals surface area contributed by atoms with E-state index in [1.165, 1.54) is 0 Å². The first-order valence-electron chi connectivity index (χ1n) is 9.85. The van der Waals surface area contributed by atoms with Gasteiger partial charge in [0.15, 0.2) is 0 Å². The number of nitrogens with one attached hydrogen (secondary N) is 1. The van der Waals surface area contributed by atoms with Gasteiger partial charge in [0, 0.05) is 50.7 Å². The Hall–Kier alpha value is -2.64. The van der Waals surface area contributed by atoms with Crippen molar-refractivity contribution in [2.24, 2.45) is 0 Å². The van der Waals surface area contributed by atoms with Gasteiger partial charge in [-0.25, -0.2) is 0 Å². The van der Waals surface area contributed by atoms with Gasteiger partial charge in [0.25, 0.3) is 5.91 Å². The largest absolute Gasteiger partial charge is 0.496 e. The summed E-state index contributed by atoms with van der Waals surface area (Å²) in [5.74, 6) is 0.646. The number of carbonyl (C=O) groups excluding carboxylic acids is 2. The molecule has 3 rings (SSSR count). The molecule has 0 aromatic heterocycles. The Morgan fingerprint density at radius 3 is 2.66 bits per heavy atom. The summed E-state index contributed by atoms with van der Waals surface area (Å²) in [6.45, 7) is 3.45. The van der Waals surface area contributed by atoms with Gasteiger partial charge in [-0.05, 0) is 24.6 Å². The second-order valence-electron chi connectivity index (χ2n) is 7.37. The number of fused-ring (bicyclic) bond motifs is 1. The van der Waals surface area contributed by atoms with Crippen LogP contribution >= 0.6 is 0 Å². The molecule has 1 aliphatic heterocycles. The molecule has 1 heterocycles. The molecular formula is C22H29N3O4. The van der Waals surface area contributed by atoms with Gasteiger partial charge in [-0.1, -0.05) is 24.3 Å². The molecule has 1 unspecified atom stereocenters. The normalized spacial score (nSPS) is 16.6. The van der Waals surface area contributed by atoms with Crippen LogP contribution in [0.5, 0.6) is 5.75 Å². The minimum atomic E-state index is -0.180. The summed E-state index contributed by atoms with van der Waals surface area (Å²) in [5, 5.41) is 4.76. The zero-order chi connectivity index (χ0) is 20.8. The van der Waals surface area contributed by atoms with Crippen LogP contribution in [0.3, 0.4) is 0 Å². The molecule has 0 radical (unpaired) electrons. The van der Waals surface area contributed by atoms with Gasteiger partial charge in [-0.2, -0.15) is 0 Å². The van der Waals surface area contributed by atoms with Gasteiger partial charge >= 0.3 is 0 Å². The second kappa shape index (κ2) is 9.71. The Labute approximate surface area is 171 Å². The molecule has 1 N–H and O–H groups in total. The third kappa shape index (κ3) is 5.05.